The molecule has 146 valence electrons. The van der Waals surface area contributed by atoms with Gasteiger partial charge in [-0.1, -0.05) is 78.6 Å². The molecule has 0 unspecified atom stereocenters. The Kier molecular flexibility index (Phi) is 10.3. The summed E-state index contributed by atoms with van der Waals surface area (Å²) in [6.45, 7) is 32.1. The molecular formula is C14H38I4Si6. The van der Waals surface area contributed by atoms with Crippen LogP contribution in [-0.4, -0.2) is 37.5 Å². The van der Waals surface area contributed by atoms with Gasteiger partial charge in [0.05, 0.1) is 0 Å². The third kappa shape index (κ3) is 6.88. The SMILES string of the molecule is C[Si](C)(C)C([Si](C)(C)C)[Si](I)(I)[Si](I)(I)C([Si](C)(C)C)[Si](C)(C)C. The highest BCUT2D eigenvalue weighted by Crippen LogP contribution is 2.61. The molecule has 0 saturated carbocycles. The molecule has 10 heteroatoms. The molecular weight excluding hydrogens is 844 g/mol. The largest absolute Gasteiger partial charge is 0.203 e. The first kappa shape index (κ1) is 28.2. The van der Waals surface area contributed by atoms with Crippen LogP contribution in [0.2, 0.25) is 88.1 Å². The summed E-state index contributed by atoms with van der Waals surface area (Å²) in [6, 6.07) is 0. The van der Waals surface area contributed by atoms with Crippen molar-refractivity contribution in [2.24, 2.45) is 0 Å². The van der Waals surface area contributed by atoms with Gasteiger partial charge in [-0.05, 0) is 9.58 Å². The number of hydrogen-bond donors (Lipinski definition) is 0. The van der Waals surface area contributed by atoms with Gasteiger partial charge in [0, 0.05) is 32.3 Å². The van der Waals surface area contributed by atoms with Gasteiger partial charge < -0.3 is 0 Å². The lowest BCUT2D eigenvalue weighted by atomic mass is 11.7. The van der Waals surface area contributed by atoms with Crippen LogP contribution in [0.25, 0.3) is 0 Å². The summed E-state index contributed by atoms with van der Waals surface area (Å²) < 4.78 is -2.74. The van der Waals surface area contributed by atoms with E-state index in [0.717, 1.165) is 9.58 Å². The fraction of sp³-hybridized carbons (Fsp3) is 1.00. The standard InChI is InChI=1S/C14H38I4Si6/c1-19(2,3)13(20(4,5)6)23(15,16)24(17,18)14(21(7,8)9)22(10,11)12/h13-14H,1-12H3. The van der Waals surface area contributed by atoms with Crippen LogP contribution in [0.15, 0.2) is 0 Å². The van der Waals surface area contributed by atoms with E-state index in [-0.39, 0.29) is 0 Å². The highest BCUT2D eigenvalue weighted by molar-refractivity contribution is 14.3. The lowest BCUT2D eigenvalue weighted by Crippen LogP contribution is -2.69. The van der Waals surface area contributed by atoms with Crippen LogP contribution in [0.4, 0.5) is 0 Å². The molecule has 0 saturated heterocycles. The summed E-state index contributed by atoms with van der Waals surface area (Å²) in [5, 5.41) is 0. The summed E-state index contributed by atoms with van der Waals surface area (Å²) >= 11 is 12.4. The second kappa shape index (κ2) is 8.76. The van der Waals surface area contributed by atoms with E-state index < -0.39 is 37.5 Å². The minimum absolute atomic E-state index is 1.11. The van der Waals surface area contributed by atoms with E-state index in [2.05, 4.69) is 166 Å². The van der Waals surface area contributed by atoms with Gasteiger partial charge >= 0.3 is 0 Å². The molecule has 0 aromatic heterocycles. The van der Waals surface area contributed by atoms with Gasteiger partial charge in [-0.2, -0.15) is 0 Å². The summed E-state index contributed by atoms with van der Waals surface area (Å²) in [5.74, 6) is 0. The third-order valence-corrected chi connectivity index (χ3v) is 137. The first-order valence-corrected chi connectivity index (χ1v) is 40.7. The molecule has 0 amide bonds. The van der Waals surface area contributed by atoms with E-state index in [1.165, 1.54) is 0 Å². The number of rotatable bonds is 7. The van der Waals surface area contributed by atoms with Crippen molar-refractivity contribution in [2.75, 3.05) is 0 Å². The van der Waals surface area contributed by atoms with Crippen LogP contribution in [0.5, 0.6) is 0 Å². The van der Waals surface area contributed by atoms with Crippen LogP contribution in [0.1, 0.15) is 0 Å². The fourth-order valence-corrected chi connectivity index (χ4v) is 170. The van der Waals surface area contributed by atoms with Crippen molar-refractivity contribution in [3.8, 4) is 0 Å². The second-order valence-electron chi connectivity index (χ2n) is 11.6. The molecule has 0 fully saturated rings. The predicted octanol–water partition coefficient (Wildman–Crippen LogP) is 8.94. The molecule has 0 aliphatic rings. The van der Waals surface area contributed by atoms with E-state index in [4.69, 9.17) is 0 Å². The van der Waals surface area contributed by atoms with Crippen molar-refractivity contribution in [1.29, 1.82) is 0 Å². The topological polar surface area (TPSA) is 0 Å². The number of hydrogen-bond acceptors (Lipinski definition) is 0. The summed E-state index contributed by atoms with van der Waals surface area (Å²) in [5.41, 5.74) is 0. The average Bonchev–Trinajstić information content (AvgIpc) is 2.02. The molecule has 0 rings (SSSR count). The predicted molar refractivity (Wildman–Crippen MR) is 168 cm³/mol. The molecule has 0 atom stereocenters. The van der Waals surface area contributed by atoms with E-state index in [0.29, 0.717) is 0 Å². The average molecular weight is 883 g/mol. The van der Waals surface area contributed by atoms with Crippen molar-refractivity contribution in [2.45, 2.75) is 88.1 Å². The Morgan fingerprint density at radius 2 is 0.500 bits per heavy atom. The molecule has 0 bridgehead atoms. The third-order valence-electron chi connectivity index (χ3n) is 4.63. The summed E-state index contributed by atoms with van der Waals surface area (Å²) in [4.78, 5) is 2.21. The van der Waals surface area contributed by atoms with E-state index in [9.17, 15) is 0 Å². The van der Waals surface area contributed by atoms with Crippen molar-refractivity contribution < 1.29 is 0 Å². The van der Waals surface area contributed by atoms with Gasteiger partial charge in [0.1, 0.15) is 0 Å². The first-order chi connectivity index (χ1) is 9.98. The van der Waals surface area contributed by atoms with Gasteiger partial charge in [0.2, 0.25) is 5.17 Å². The van der Waals surface area contributed by atoms with Gasteiger partial charge in [0.15, 0.2) is 0 Å². The summed E-state index contributed by atoms with van der Waals surface area (Å²) in [6.07, 6.45) is 0. The Morgan fingerprint density at radius 3 is 0.583 bits per heavy atom. The van der Waals surface area contributed by atoms with Crippen molar-refractivity contribution >= 4 is 125 Å². The Labute approximate surface area is 209 Å². The molecule has 0 nitrogen and oxygen atoms in total. The molecule has 0 aromatic carbocycles. The first-order valence-electron chi connectivity index (χ1n) is 8.74. The van der Waals surface area contributed by atoms with Crippen LogP contribution in [0.3, 0.4) is 0 Å². The minimum Gasteiger partial charge on any atom is -0.107 e. The second-order valence-corrected chi connectivity index (χ2v) is 89.7. The summed E-state index contributed by atoms with van der Waals surface area (Å²) in [7, 11) is -4.67. The lowest BCUT2D eigenvalue weighted by Gasteiger charge is -2.55. The molecule has 0 aromatic rings. The van der Waals surface area contributed by atoms with E-state index in [1.807, 2.05) is 0 Å². The Hall–Kier alpha value is 4.22. The fourth-order valence-electron chi connectivity index (χ4n) is 5.16. The minimum atomic E-state index is -1.37. The van der Waals surface area contributed by atoms with Crippen LogP contribution >= 0.6 is 87.2 Å². The normalized spacial score (nSPS) is 16.2. The molecule has 0 spiro atoms. The highest BCUT2D eigenvalue weighted by atomic mass is 127. The Bertz CT molecular complexity index is 370. The maximum atomic E-state index is 3.11. The Morgan fingerprint density at radius 1 is 0.375 bits per heavy atom. The van der Waals surface area contributed by atoms with Gasteiger partial charge in [0.25, 0.3) is 0 Å². The Balaban J connectivity index is 6.50. The van der Waals surface area contributed by atoms with E-state index >= 15 is 0 Å². The van der Waals surface area contributed by atoms with Crippen molar-refractivity contribution in [3.05, 3.63) is 0 Å². The quantitative estimate of drug-likeness (QED) is 0.136. The lowest BCUT2D eigenvalue weighted by molar-refractivity contribution is 1.40. The monoisotopic (exact) mass is 882 g/mol. The zero-order valence-corrected chi connectivity index (χ0v) is 32.3. The van der Waals surface area contributed by atoms with Crippen LogP contribution < -0.4 is 0 Å². The molecule has 0 heterocycles. The zero-order chi connectivity index (χ0) is 20.2. The maximum absolute atomic E-state index is 3.11. The van der Waals surface area contributed by atoms with Gasteiger partial charge in [-0.3, -0.25) is 0 Å². The van der Waals surface area contributed by atoms with Crippen LogP contribution in [0, 0.1) is 0 Å². The van der Waals surface area contributed by atoms with E-state index in [1.54, 1.807) is 0 Å². The number of halogens is 4. The molecule has 0 aliphatic heterocycles. The molecule has 24 heavy (non-hydrogen) atoms. The maximum Gasteiger partial charge on any atom is 0.203 e. The molecule has 0 radical (unpaired) electrons. The zero-order valence-electron chi connectivity index (χ0n) is 17.7. The van der Waals surface area contributed by atoms with Crippen LogP contribution in [-0.2, 0) is 0 Å². The van der Waals surface area contributed by atoms with Crippen molar-refractivity contribution in [3.63, 3.8) is 0 Å². The van der Waals surface area contributed by atoms with Gasteiger partial charge in [-0.25, -0.2) is 0 Å². The molecule has 0 aliphatic carbocycles. The van der Waals surface area contributed by atoms with Crippen molar-refractivity contribution in [1.82, 2.24) is 0 Å². The molecule has 0 N–H and O–H groups in total. The smallest absolute Gasteiger partial charge is 0.107 e. The van der Waals surface area contributed by atoms with Gasteiger partial charge in [-0.15, -0.1) is 87.2 Å². The highest BCUT2D eigenvalue weighted by Gasteiger charge is 2.67.